The molecule has 0 aliphatic heterocycles. The van der Waals surface area contributed by atoms with Crippen LogP contribution in [0.4, 0.5) is 4.79 Å². The number of para-hydroxylation sites is 1. The highest BCUT2D eigenvalue weighted by molar-refractivity contribution is 5.65. The Bertz CT molecular complexity index is 354. The van der Waals surface area contributed by atoms with Crippen LogP contribution in [0.1, 0.15) is 18.0 Å². The van der Waals surface area contributed by atoms with Crippen LogP contribution in [0, 0.1) is 0 Å². The summed E-state index contributed by atoms with van der Waals surface area (Å²) in [7, 11) is 1.52. The molecule has 0 saturated heterocycles. The summed E-state index contributed by atoms with van der Waals surface area (Å²) in [6, 6.07) is 6.67. The van der Waals surface area contributed by atoms with Gasteiger partial charge in [0.15, 0.2) is 0 Å². The van der Waals surface area contributed by atoms with Crippen LogP contribution in [0.25, 0.3) is 0 Å². The van der Waals surface area contributed by atoms with Crippen LogP contribution in [0.3, 0.4) is 0 Å². The summed E-state index contributed by atoms with van der Waals surface area (Å²) in [5, 5.41) is 20.0. The van der Waals surface area contributed by atoms with Crippen molar-refractivity contribution in [2.75, 3.05) is 13.7 Å². The zero-order valence-corrected chi connectivity index (χ0v) is 9.01. The van der Waals surface area contributed by atoms with Crippen LogP contribution in [-0.4, -0.2) is 30.0 Å². The van der Waals surface area contributed by atoms with Crippen LogP contribution in [0.5, 0.6) is 5.75 Å². The van der Waals surface area contributed by atoms with E-state index >= 15 is 0 Å². The summed E-state index contributed by atoms with van der Waals surface area (Å²) < 4.78 is 5.14. The molecular formula is C11H15NO4. The molecule has 1 aromatic rings. The molecule has 3 N–H and O–H groups in total. The van der Waals surface area contributed by atoms with Crippen molar-refractivity contribution in [3.05, 3.63) is 29.8 Å². The summed E-state index contributed by atoms with van der Waals surface area (Å²) >= 11 is 0. The zero-order valence-electron chi connectivity index (χ0n) is 9.01. The van der Waals surface area contributed by atoms with E-state index in [0.717, 1.165) is 5.56 Å². The molecule has 0 radical (unpaired) electrons. The number of carbonyl (C=O) groups is 1. The fourth-order valence-electron chi connectivity index (χ4n) is 1.54. The lowest BCUT2D eigenvalue weighted by Gasteiger charge is -2.18. The van der Waals surface area contributed by atoms with Gasteiger partial charge in [0.2, 0.25) is 0 Å². The van der Waals surface area contributed by atoms with Crippen LogP contribution < -0.4 is 10.1 Å². The number of ether oxygens (including phenoxy) is 1. The van der Waals surface area contributed by atoms with Crippen molar-refractivity contribution in [3.63, 3.8) is 0 Å². The fraction of sp³-hybridized carbons (Fsp3) is 0.364. The summed E-state index contributed by atoms with van der Waals surface area (Å²) in [5.41, 5.74) is 0.724. The lowest BCUT2D eigenvalue weighted by molar-refractivity contribution is 0.185. The summed E-state index contributed by atoms with van der Waals surface area (Å²) in [6.45, 7) is -0.0943. The average Bonchev–Trinajstić information content (AvgIpc) is 2.28. The predicted octanol–water partition coefficient (Wildman–Crippen LogP) is 1.39. The van der Waals surface area contributed by atoms with Gasteiger partial charge in [0.05, 0.1) is 13.2 Å². The topological polar surface area (TPSA) is 78.8 Å². The van der Waals surface area contributed by atoms with Crippen molar-refractivity contribution < 1.29 is 19.7 Å². The molecule has 1 atom stereocenters. The number of nitrogens with one attached hydrogen (secondary N) is 1. The first-order valence-corrected chi connectivity index (χ1v) is 4.92. The highest BCUT2D eigenvalue weighted by Crippen LogP contribution is 2.26. The van der Waals surface area contributed by atoms with Gasteiger partial charge in [-0.05, 0) is 12.5 Å². The molecule has 1 aromatic carbocycles. The first-order chi connectivity index (χ1) is 7.69. The van der Waals surface area contributed by atoms with Gasteiger partial charge in [-0.2, -0.15) is 0 Å². The first-order valence-electron chi connectivity index (χ1n) is 4.92. The van der Waals surface area contributed by atoms with Gasteiger partial charge in [0, 0.05) is 12.2 Å². The molecular weight excluding hydrogens is 210 g/mol. The van der Waals surface area contributed by atoms with Crippen LogP contribution in [-0.2, 0) is 0 Å². The van der Waals surface area contributed by atoms with E-state index < -0.39 is 12.1 Å². The first kappa shape index (κ1) is 12.3. The maximum atomic E-state index is 10.6. The second-order valence-corrected chi connectivity index (χ2v) is 3.26. The standard InChI is InChI=1S/C11H15NO4/c1-16-10-5-3-2-4-8(10)9(6-7-13)12-11(14)15/h2-5,9,12-13H,6-7H2,1H3,(H,14,15). The number of benzene rings is 1. The lowest BCUT2D eigenvalue weighted by atomic mass is 10.0. The number of hydrogen-bond acceptors (Lipinski definition) is 3. The second-order valence-electron chi connectivity index (χ2n) is 3.26. The lowest BCUT2D eigenvalue weighted by Crippen LogP contribution is -2.27. The maximum absolute atomic E-state index is 10.6. The molecule has 0 aliphatic rings. The minimum Gasteiger partial charge on any atom is -0.496 e. The summed E-state index contributed by atoms with van der Waals surface area (Å²) in [6.07, 6.45) is -0.809. The Labute approximate surface area is 93.7 Å². The van der Waals surface area contributed by atoms with E-state index in [2.05, 4.69) is 5.32 Å². The number of aliphatic hydroxyl groups is 1. The number of amides is 1. The average molecular weight is 225 g/mol. The van der Waals surface area contributed by atoms with E-state index in [4.69, 9.17) is 14.9 Å². The molecule has 0 heterocycles. The molecule has 88 valence electrons. The SMILES string of the molecule is COc1ccccc1C(CCO)NC(=O)O. The maximum Gasteiger partial charge on any atom is 0.405 e. The highest BCUT2D eigenvalue weighted by Gasteiger charge is 2.16. The van der Waals surface area contributed by atoms with Crippen molar-refractivity contribution in [1.29, 1.82) is 0 Å². The van der Waals surface area contributed by atoms with E-state index in [-0.39, 0.29) is 6.61 Å². The van der Waals surface area contributed by atoms with Gasteiger partial charge in [-0.1, -0.05) is 18.2 Å². The van der Waals surface area contributed by atoms with Gasteiger partial charge in [-0.15, -0.1) is 0 Å². The molecule has 0 fully saturated rings. The minimum absolute atomic E-state index is 0.0943. The minimum atomic E-state index is -1.12. The second kappa shape index (κ2) is 5.97. The molecule has 0 aromatic heterocycles. The molecule has 0 bridgehead atoms. The van der Waals surface area contributed by atoms with E-state index in [1.165, 1.54) is 7.11 Å². The van der Waals surface area contributed by atoms with Gasteiger partial charge in [-0.3, -0.25) is 0 Å². The number of carboxylic acid groups (broad SMARTS) is 1. The van der Waals surface area contributed by atoms with Crippen LogP contribution in [0.2, 0.25) is 0 Å². The Kier molecular flexibility index (Phi) is 4.60. The Hall–Kier alpha value is -1.75. The molecule has 0 aliphatic carbocycles. The van der Waals surface area contributed by atoms with E-state index in [0.29, 0.717) is 12.2 Å². The van der Waals surface area contributed by atoms with Gasteiger partial charge in [0.1, 0.15) is 5.75 Å². The fourth-order valence-corrected chi connectivity index (χ4v) is 1.54. The van der Waals surface area contributed by atoms with Crippen LogP contribution >= 0.6 is 0 Å². The van der Waals surface area contributed by atoms with Crippen LogP contribution in [0.15, 0.2) is 24.3 Å². The van der Waals surface area contributed by atoms with Gasteiger partial charge < -0.3 is 20.3 Å². The van der Waals surface area contributed by atoms with Crippen molar-refractivity contribution in [1.82, 2.24) is 5.32 Å². The quantitative estimate of drug-likeness (QED) is 0.707. The molecule has 16 heavy (non-hydrogen) atoms. The zero-order chi connectivity index (χ0) is 12.0. The Morgan fingerprint density at radius 1 is 1.50 bits per heavy atom. The third-order valence-corrected chi connectivity index (χ3v) is 2.23. The van der Waals surface area contributed by atoms with Crippen molar-refractivity contribution >= 4 is 6.09 Å². The third-order valence-electron chi connectivity index (χ3n) is 2.23. The molecule has 5 heteroatoms. The van der Waals surface area contributed by atoms with Crippen molar-refractivity contribution in [3.8, 4) is 5.75 Å². The van der Waals surface area contributed by atoms with E-state index in [9.17, 15) is 4.79 Å². The highest BCUT2D eigenvalue weighted by atomic mass is 16.5. The molecule has 1 amide bonds. The van der Waals surface area contributed by atoms with Crippen molar-refractivity contribution in [2.24, 2.45) is 0 Å². The third kappa shape index (κ3) is 3.13. The van der Waals surface area contributed by atoms with Gasteiger partial charge in [-0.25, -0.2) is 4.79 Å². The number of rotatable bonds is 5. The molecule has 5 nitrogen and oxygen atoms in total. The van der Waals surface area contributed by atoms with Crippen molar-refractivity contribution in [2.45, 2.75) is 12.5 Å². The normalized spacial score (nSPS) is 11.9. The van der Waals surface area contributed by atoms with Gasteiger partial charge >= 0.3 is 6.09 Å². The monoisotopic (exact) mass is 225 g/mol. The molecule has 0 saturated carbocycles. The summed E-state index contributed by atoms with van der Waals surface area (Å²) in [5.74, 6) is 0.606. The van der Waals surface area contributed by atoms with E-state index in [1.54, 1.807) is 24.3 Å². The smallest absolute Gasteiger partial charge is 0.405 e. The predicted molar refractivity (Wildman–Crippen MR) is 58.6 cm³/mol. The number of aliphatic hydroxyl groups excluding tert-OH is 1. The Morgan fingerprint density at radius 3 is 2.75 bits per heavy atom. The number of hydrogen-bond donors (Lipinski definition) is 3. The molecule has 1 unspecified atom stereocenters. The Balaban J connectivity index is 2.94. The Morgan fingerprint density at radius 2 is 2.19 bits per heavy atom. The van der Waals surface area contributed by atoms with E-state index in [1.807, 2.05) is 0 Å². The summed E-state index contributed by atoms with van der Waals surface area (Å²) in [4.78, 5) is 10.6. The molecule has 1 rings (SSSR count). The largest absolute Gasteiger partial charge is 0.496 e. The van der Waals surface area contributed by atoms with Gasteiger partial charge in [0.25, 0.3) is 0 Å². The molecule has 0 spiro atoms. The number of methoxy groups -OCH3 is 1.